The second kappa shape index (κ2) is 4.96. The molecule has 0 aromatic carbocycles. The Morgan fingerprint density at radius 3 is 2.62 bits per heavy atom. The van der Waals surface area contributed by atoms with E-state index < -0.39 is 5.97 Å². The number of carboxylic acids is 1. The fraction of sp³-hybridized carbons (Fsp3) is 0.917. The van der Waals surface area contributed by atoms with E-state index in [-0.39, 0.29) is 6.54 Å². The lowest BCUT2D eigenvalue weighted by atomic mass is 9.70. The summed E-state index contributed by atoms with van der Waals surface area (Å²) in [4.78, 5) is 12.8. The van der Waals surface area contributed by atoms with Crippen molar-refractivity contribution in [2.24, 2.45) is 11.3 Å². The number of carbonyl (C=O) groups is 1. The van der Waals surface area contributed by atoms with Crippen LogP contribution in [-0.2, 0) is 4.79 Å². The molecule has 1 aliphatic carbocycles. The molecule has 0 aromatic heterocycles. The van der Waals surface area contributed by atoms with Crippen molar-refractivity contribution in [2.75, 3.05) is 25.4 Å². The molecule has 92 valence electrons. The quantitative estimate of drug-likeness (QED) is 0.744. The Hall–Kier alpha value is -0.220. The molecule has 2 fully saturated rings. The molecule has 1 saturated heterocycles. The minimum atomic E-state index is -0.693. The van der Waals surface area contributed by atoms with Crippen LogP contribution in [0.3, 0.4) is 0 Å². The van der Waals surface area contributed by atoms with Crippen LogP contribution in [0, 0.1) is 11.3 Å². The highest BCUT2D eigenvalue weighted by molar-refractivity contribution is 7.80. The Labute approximate surface area is 103 Å². The van der Waals surface area contributed by atoms with E-state index in [1.807, 2.05) is 0 Å². The molecule has 1 aliphatic heterocycles. The van der Waals surface area contributed by atoms with Gasteiger partial charge in [-0.15, -0.1) is 0 Å². The third-order valence-electron chi connectivity index (χ3n) is 4.30. The van der Waals surface area contributed by atoms with Crippen LogP contribution in [-0.4, -0.2) is 41.4 Å². The van der Waals surface area contributed by atoms with Gasteiger partial charge in [-0.05, 0) is 55.7 Å². The summed E-state index contributed by atoms with van der Waals surface area (Å²) in [6.07, 6.45) is 6.30. The van der Waals surface area contributed by atoms with E-state index in [2.05, 4.69) is 17.5 Å². The zero-order chi connectivity index (χ0) is 11.6. The topological polar surface area (TPSA) is 40.5 Å². The van der Waals surface area contributed by atoms with Gasteiger partial charge < -0.3 is 5.11 Å². The third-order valence-corrected chi connectivity index (χ3v) is 4.82. The normalized spacial score (nSPS) is 35.7. The Kier molecular flexibility index (Phi) is 3.80. The van der Waals surface area contributed by atoms with Crippen molar-refractivity contribution >= 4 is 18.6 Å². The van der Waals surface area contributed by atoms with Gasteiger partial charge in [0, 0.05) is 6.54 Å². The Morgan fingerprint density at radius 1 is 1.38 bits per heavy atom. The number of nitrogens with zero attached hydrogens (tertiary/aromatic N) is 1. The molecule has 3 nitrogen and oxygen atoms in total. The van der Waals surface area contributed by atoms with Crippen LogP contribution in [0.15, 0.2) is 0 Å². The maximum absolute atomic E-state index is 10.7. The first-order chi connectivity index (χ1) is 7.63. The minimum absolute atomic E-state index is 0.220. The van der Waals surface area contributed by atoms with Crippen LogP contribution in [0.4, 0.5) is 0 Å². The molecule has 1 N–H and O–H groups in total. The lowest BCUT2D eigenvalue weighted by Crippen LogP contribution is -2.33. The van der Waals surface area contributed by atoms with E-state index in [1.165, 1.54) is 32.1 Å². The first-order valence-corrected chi connectivity index (χ1v) is 6.82. The highest BCUT2D eigenvalue weighted by Crippen LogP contribution is 2.45. The van der Waals surface area contributed by atoms with Gasteiger partial charge >= 0.3 is 5.97 Å². The van der Waals surface area contributed by atoms with Gasteiger partial charge in [-0.1, -0.05) is 0 Å². The van der Waals surface area contributed by atoms with Crippen molar-refractivity contribution in [3.63, 3.8) is 0 Å². The van der Waals surface area contributed by atoms with Crippen molar-refractivity contribution in [3.8, 4) is 0 Å². The third kappa shape index (κ3) is 2.72. The molecule has 4 heteroatoms. The van der Waals surface area contributed by atoms with E-state index in [1.54, 1.807) is 0 Å². The average molecular weight is 243 g/mol. The van der Waals surface area contributed by atoms with Crippen LogP contribution < -0.4 is 0 Å². The lowest BCUT2D eigenvalue weighted by Gasteiger charge is -2.36. The molecule has 0 aromatic rings. The zero-order valence-electron chi connectivity index (χ0n) is 9.69. The predicted molar refractivity (Wildman–Crippen MR) is 66.9 cm³/mol. The Balaban J connectivity index is 1.85. The molecule has 0 unspecified atom stereocenters. The number of hydrogen-bond acceptors (Lipinski definition) is 3. The Bertz CT molecular complexity index is 262. The molecule has 1 saturated carbocycles. The minimum Gasteiger partial charge on any atom is -0.480 e. The van der Waals surface area contributed by atoms with Gasteiger partial charge in [0.2, 0.25) is 0 Å². The summed E-state index contributed by atoms with van der Waals surface area (Å²) in [5.74, 6) is 1.11. The maximum Gasteiger partial charge on any atom is 0.317 e. The zero-order valence-corrected chi connectivity index (χ0v) is 10.6. The van der Waals surface area contributed by atoms with Crippen molar-refractivity contribution in [1.82, 2.24) is 4.90 Å². The highest BCUT2D eigenvalue weighted by atomic mass is 32.1. The van der Waals surface area contributed by atoms with Gasteiger partial charge in [-0.25, -0.2) is 0 Å². The summed E-state index contributed by atoms with van der Waals surface area (Å²) < 4.78 is 0. The van der Waals surface area contributed by atoms with Gasteiger partial charge in [-0.3, -0.25) is 9.69 Å². The van der Waals surface area contributed by atoms with Crippen LogP contribution in [0.2, 0.25) is 0 Å². The number of carboxylic acid groups (broad SMARTS) is 1. The molecule has 1 heterocycles. The van der Waals surface area contributed by atoms with E-state index >= 15 is 0 Å². The van der Waals surface area contributed by atoms with Crippen molar-refractivity contribution in [1.29, 1.82) is 0 Å². The molecule has 1 spiro atoms. The standard InChI is InChI=1S/C12H21NO2S/c14-11(15)7-13-6-5-12(9-13)3-1-10(8-16)2-4-12/h10,16H,1-9H2,(H,14,15). The molecular formula is C12H21NO2S. The summed E-state index contributed by atoms with van der Waals surface area (Å²) in [5.41, 5.74) is 0.439. The molecule has 2 rings (SSSR count). The Morgan fingerprint density at radius 2 is 2.06 bits per heavy atom. The van der Waals surface area contributed by atoms with Crippen LogP contribution >= 0.6 is 12.6 Å². The van der Waals surface area contributed by atoms with Crippen molar-refractivity contribution in [3.05, 3.63) is 0 Å². The van der Waals surface area contributed by atoms with Gasteiger partial charge in [0.05, 0.1) is 6.54 Å². The van der Waals surface area contributed by atoms with Gasteiger partial charge in [0.15, 0.2) is 0 Å². The first-order valence-electron chi connectivity index (χ1n) is 6.19. The fourth-order valence-electron chi connectivity index (χ4n) is 3.23. The van der Waals surface area contributed by atoms with E-state index in [0.717, 1.165) is 24.8 Å². The molecule has 16 heavy (non-hydrogen) atoms. The summed E-state index contributed by atoms with van der Waals surface area (Å²) in [6.45, 7) is 2.19. The largest absolute Gasteiger partial charge is 0.480 e. The average Bonchev–Trinajstić information content (AvgIpc) is 2.62. The number of hydrogen-bond donors (Lipinski definition) is 2. The molecule has 2 aliphatic rings. The van der Waals surface area contributed by atoms with Gasteiger partial charge in [-0.2, -0.15) is 12.6 Å². The number of thiol groups is 1. The monoisotopic (exact) mass is 243 g/mol. The second-order valence-electron chi connectivity index (χ2n) is 5.48. The maximum atomic E-state index is 10.7. The highest BCUT2D eigenvalue weighted by Gasteiger charge is 2.40. The fourth-order valence-corrected chi connectivity index (χ4v) is 3.60. The summed E-state index contributed by atoms with van der Waals surface area (Å²) in [5, 5.41) is 8.79. The van der Waals surface area contributed by atoms with E-state index in [9.17, 15) is 4.79 Å². The molecule has 0 radical (unpaired) electrons. The molecule has 0 amide bonds. The smallest absolute Gasteiger partial charge is 0.317 e. The second-order valence-corrected chi connectivity index (χ2v) is 5.85. The van der Waals surface area contributed by atoms with Crippen molar-refractivity contribution in [2.45, 2.75) is 32.1 Å². The molecular weight excluding hydrogens is 222 g/mol. The molecule has 0 atom stereocenters. The SMILES string of the molecule is O=C(O)CN1CCC2(CCC(CS)CC2)C1. The van der Waals surface area contributed by atoms with Gasteiger partial charge in [0.1, 0.15) is 0 Å². The summed E-state index contributed by atoms with van der Waals surface area (Å²) in [6, 6.07) is 0. The van der Waals surface area contributed by atoms with Crippen molar-refractivity contribution < 1.29 is 9.90 Å². The first kappa shape index (κ1) is 12.2. The summed E-state index contributed by atoms with van der Waals surface area (Å²) >= 11 is 4.37. The lowest BCUT2D eigenvalue weighted by molar-refractivity contribution is -0.138. The van der Waals surface area contributed by atoms with Crippen LogP contribution in [0.1, 0.15) is 32.1 Å². The van der Waals surface area contributed by atoms with Crippen LogP contribution in [0.5, 0.6) is 0 Å². The van der Waals surface area contributed by atoms with E-state index in [0.29, 0.717) is 5.41 Å². The number of likely N-dealkylation sites (tertiary alicyclic amines) is 1. The van der Waals surface area contributed by atoms with Crippen LogP contribution in [0.25, 0.3) is 0 Å². The van der Waals surface area contributed by atoms with Gasteiger partial charge in [0.25, 0.3) is 0 Å². The predicted octanol–water partition coefficient (Wildman–Crippen LogP) is 1.88. The summed E-state index contributed by atoms with van der Waals surface area (Å²) in [7, 11) is 0. The number of rotatable bonds is 3. The molecule has 0 bridgehead atoms. The van der Waals surface area contributed by atoms with E-state index in [4.69, 9.17) is 5.11 Å². The number of aliphatic carboxylic acids is 1.